The van der Waals surface area contributed by atoms with Crippen molar-refractivity contribution in [1.82, 2.24) is 14.0 Å². The third kappa shape index (κ3) is 6.60. The topological polar surface area (TPSA) is 73.5 Å². The summed E-state index contributed by atoms with van der Waals surface area (Å²) in [5.74, 6) is 0.0571. The van der Waals surface area contributed by atoms with E-state index in [4.69, 9.17) is 16.3 Å². The Bertz CT molecular complexity index is 1720. The fourth-order valence-electron chi connectivity index (χ4n) is 5.12. The molecule has 43 heavy (non-hydrogen) atoms. The summed E-state index contributed by atoms with van der Waals surface area (Å²) >= 11 is 9.56. The zero-order valence-corrected chi connectivity index (χ0v) is 25.9. The van der Waals surface area contributed by atoms with E-state index in [-0.39, 0.29) is 60.8 Å². The first kappa shape index (κ1) is 30.7. The number of aryl methyl sites for hydroxylation is 1. The Morgan fingerprint density at radius 3 is 2.33 bits per heavy atom. The standard InChI is InChI=1S/C32H29BrClF2N3O4/c1-19(2)43-24-11-9-23(10-12-24)39-29(28(40)14-5-20-3-6-21(7-4-20)30(35)36)27-18-37(15-16-38(27)32(39)42)31(41)22-8-13-25(33)26(34)17-22/h3-4,6-13,17,19,30H,5,14-16,18H2,1-2H3. The summed E-state index contributed by atoms with van der Waals surface area (Å²) in [6, 6.07) is 17.7. The lowest BCUT2D eigenvalue weighted by molar-refractivity contribution is 0.0707. The van der Waals surface area contributed by atoms with Crippen molar-refractivity contribution in [3.8, 4) is 11.4 Å². The highest BCUT2D eigenvalue weighted by Crippen LogP contribution is 2.27. The molecule has 0 atom stereocenters. The second-order valence-electron chi connectivity index (χ2n) is 10.5. The van der Waals surface area contributed by atoms with E-state index in [1.54, 1.807) is 64.1 Å². The van der Waals surface area contributed by atoms with E-state index in [1.807, 2.05) is 13.8 Å². The quantitative estimate of drug-likeness (QED) is 0.176. The van der Waals surface area contributed by atoms with Gasteiger partial charge in [-0.05, 0) is 84.2 Å². The number of rotatable bonds is 9. The molecule has 0 N–H and O–H groups in total. The lowest BCUT2D eigenvalue weighted by atomic mass is 10.0. The number of halogens is 4. The molecule has 0 saturated carbocycles. The van der Waals surface area contributed by atoms with Gasteiger partial charge in [-0.1, -0.05) is 35.9 Å². The van der Waals surface area contributed by atoms with Gasteiger partial charge in [0.2, 0.25) is 0 Å². The number of carbonyl (C=O) groups is 2. The minimum atomic E-state index is -2.57. The minimum Gasteiger partial charge on any atom is -0.491 e. The van der Waals surface area contributed by atoms with Crippen molar-refractivity contribution < 1.29 is 23.1 Å². The Kier molecular flexibility index (Phi) is 9.17. The highest BCUT2D eigenvalue weighted by atomic mass is 79.9. The molecule has 1 aliphatic heterocycles. The second kappa shape index (κ2) is 12.9. The molecule has 7 nitrogen and oxygen atoms in total. The van der Waals surface area contributed by atoms with Crippen LogP contribution in [0, 0.1) is 0 Å². The number of carbonyl (C=O) groups excluding carboxylic acids is 2. The molecule has 0 saturated heterocycles. The molecule has 0 fully saturated rings. The van der Waals surface area contributed by atoms with Gasteiger partial charge in [0.15, 0.2) is 5.78 Å². The summed E-state index contributed by atoms with van der Waals surface area (Å²) in [5, 5.41) is 0.397. The lowest BCUT2D eigenvalue weighted by Gasteiger charge is -2.28. The maximum absolute atomic E-state index is 13.9. The molecule has 0 bridgehead atoms. The summed E-state index contributed by atoms with van der Waals surface area (Å²) in [6.07, 6.45) is -2.28. The molecule has 0 aliphatic carbocycles. The number of amides is 1. The van der Waals surface area contributed by atoms with Crippen LogP contribution >= 0.6 is 27.5 Å². The predicted molar refractivity (Wildman–Crippen MR) is 164 cm³/mol. The van der Waals surface area contributed by atoms with Gasteiger partial charge in [0.1, 0.15) is 11.4 Å². The monoisotopic (exact) mass is 671 g/mol. The number of benzene rings is 3. The molecule has 0 spiro atoms. The average molecular weight is 673 g/mol. The van der Waals surface area contributed by atoms with E-state index in [0.717, 1.165) is 5.56 Å². The van der Waals surface area contributed by atoms with Crippen LogP contribution in [0.5, 0.6) is 5.75 Å². The molecular weight excluding hydrogens is 644 g/mol. The average Bonchev–Trinajstić information content (AvgIpc) is 3.28. The first-order valence-electron chi connectivity index (χ1n) is 13.8. The minimum absolute atomic E-state index is 0.0357. The largest absolute Gasteiger partial charge is 0.491 e. The van der Waals surface area contributed by atoms with Gasteiger partial charge in [0, 0.05) is 35.1 Å². The molecule has 4 aromatic rings. The van der Waals surface area contributed by atoms with Gasteiger partial charge >= 0.3 is 5.69 Å². The fraction of sp³-hybridized carbons (Fsp3) is 0.281. The van der Waals surface area contributed by atoms with Crippen molar-refractivity contribution in [3.63, 3.8) is 0 Å². The zero-order chi connectivity index (χ0) is 30.8. The second-order valence-corrected chi connectivity index (χ2v) is 11.8. The third-order valence-corrected chi connectivity index (χ3v) is 8.47. The van der Waals surface area contributed by atoms with Gasteiger partial charge in [-0.3, -0.25) is 18.7 Å². The molecule has 0 unspecified atom stereocenters. The van der Waals surface area contributed by atoms with Crippen LogP contribution in [-0.2, 0) is 19.5 Å². The van der Waals surface area contributed by atoms with Crippen LogP contribution in [0.2, 0.25) is 5.02 Å². The SMILES string of the molecule is CC(C)Oc1ccc(-n2c(C(=O)CCc3ccc(C(F)F)cc3)c3n(c2=O)CCN(C(=O)c2ccc(Br)c(Cl)c2)C3)cc1. The van der Waals surface area contributed by atoms with Gasteiger partial charge in [-0.15, -0.1) is 0 Å². The molecular formula is C32H29BrClF2N3O4. The van der Waals surface area contributed by atoms with Crippen LogP contribution in [-0.4, -0.2) is 38.4 Å². The summed E-state index contributed by atoms with van der Waals surface area (Å²) in [4.78, 5) is 42.6. The number of fused-ring (bicyclic) bond motifs is 1. The van der Waals surface area contributed by atoms with E-state index in [9.17, 15) is 23.2 Å². The normalized spacial score (nSPS) is 13.0. The molecule has 1 aromatic heterocycles. The van der Waals surface area contributed by atoms with Crippen LogP contribution in [0.3, 0.4) is 0 Å². The molecule has 1 aliphatic rings. The summed E-state index contributed by atoms with van der Waals surface area (Å²) < 4.78 is 35.3. The van der Waals surface area contributed by atoms with Crippen molar-refractivity contribution in [2.75, 3.05) is 6.54 Å². The zero-order valence-electron chi connectivity index (χ0n) is 23.5. The Morgan fingerprint density at radius 2 is 1.70 bits per heavy atom. The van der Waals surface area contributed by atoms with Crippen molar-refractivity contribution >= 4 is 39.2 Å². The highest BCUT2D eigenvalue weighted by molar-refractivity contribution is 9.10. The number of alkyl halides is 2. The van der Waals surface area contributed by atoms with E-state index >= 15 is 0 Å². The van der Waals surface area contributed by atoms with E-state index in [0.29, 0.717) is 38.6 Å². The third-order valence-electron chi connectivity index (χ3n) is 7.24. The number of ether oxygens (including phenoxy) is 1. The molecule has 1 amide bonds. The van der Waals surface area contributed by atoms with Crippen LogP contribution < -0.4 is 10.4 Å². The van der Waals surface area contributed by atoms with Crippen molar-refractivity contribution in [3.05, 3.63) is 115 Å². The fourth-order valence-corrected chi connectivity index (χ4v) is 5.55. The number of hydrogen-bond acceptors (Lipinski definition) is 4. The molecule has 5 rings (SSSR count). The van der Waals surface area contributed by atoms with E-state index in [1.165, 1.54) is 16.7 Å². The molecule has 224 valence electrons. The highest BCUT2D eigenvalue weighted by Gasteiger charge is 2.32. The van der Waals surface area contributed by atoms with Gasteiger partial charge in [-0.25, -0.2) is 13.6 Å². The molecule has 0 radical (unpaired) electrons. The van der Waals surface area contributed by atoms with Crippen LogP contribution in [0.15, 0.2) is 76.0 Å². The lowest BCUT2D eigenvalue weighted by Crippen LogP contribution is -2.41. The number of aromatic nitrogens is 2. The molecule has 2 heterocycles. The van der Waals surface area contributed by atoms with Gasteiger partial charge in [0.05, 0.1) is 29.1 Å². The number of hydrogen-bond donors (Lipinski definition) is 0. The number of ketones is 1. The van der Waals surface area contributed by atoms with Crippen molar-refractivity contribution in [2.45, 2.75) is 52.3 Å². The van der Waals surface area contributed by atoms with Gasteiger partial charge < -0.3 is 9.64 Å². The van der Waals surface area contributed by atoms with E-state index < -0.39 is 6.43 Å². The van der Waals surface area contributed by atoms with Gasteiger partial charge in [-0.2, -0.15) is 0 Å². The Balaban J connectivity index is 1.50. The Morgan fingerprint density at radius 1 is 1.00 bits per heavy atom. The molecule has 11 heteroatoms. The smallest absolute Gasteiger partial charge is 0.333 e. The van der Waals surface area contributed by atoms with E-state index in [2.05, 4.69) is 15.9 Å². The molecule has 3 aromatic carbocycles. The maximum atomic E-state index is 13.9. The number of nitrogens with zero attached hydrogens (tertiary/aromatic N) is 3. The van der Waals surface area contributed by atoms with Crippen LogP contribution in [0.4, 0.5) is 8.78 Å². The Hall–Kier alpha value is -3.76. The predicted octanol–water partition coefficient (Wildman–Crippen LogP) is 7.25. The van der Waals surface area contributed by atoms with Crippen LogP contribution in [0.25, 0.3) is 5.69 Å². The van der Waals surface area contributed by atoms with Crippen molar-refractivity contribution in [2.24, 2.45) is 0 Å². The van der Waals surface area contributed by atoms with Crippen LogP contribution in [0.1, 0.15) is 64.4 Å². The number of imidazole rings is 1. The first-order chi connectivity index (χ1) is 20.5. The maximum Gasteiger partial charge on any atom is 0.333 e. The Labute approximate surface area is 260 Å². The number of Topliss-reactive ketones (excluding diaryl/α,β-unsaturated/α-hetero) is 1. The summed E-state index contributed by atoms with van der Waals surface area (Å²) in [5.41, 5.74) is 1.77. The summed E-state index contributed by atoms with van der Waals surface area (Å²) in [7, 11) is 0. The van der Waals surface area contributed by atoms with Gasteiger partial charge in [0.25, 0.3) is 12.3 Å². The summed E-state index contributed by atoms with van der Waals surface area (Å²) in [6.45, 7) is 4.35. The first-order valence-corrected chi connectivity index (χ1v) is 15.0. The van der Waals surface area contributed by atoms with Crippen molar-refractivity contribution in [1.29, 1.82) is 0 Å².